The van der Waals surface area contributed by atoms with Gasteiger partial charge in [-0.3, -0.25) is 9.59 Å². The molecule has 1 atom stereocenters. The van der Waals surface area contributed by atoms with E-state index in [0.29, 0.717) is 30.0 Å². The second-order valence-electron chi connectivity index (χ2n) is 4.63. The van der Waals surface area contributed by atoms with Crippen LogP contribution in [0.3, 0.4) is 0 Å². The van der Waals surface area contributed by atoms with Crippen LogP contribution in [0.1, 0.15) is 23.7 Å². The minimum atomic E-state index is -0.575. The van der Waals surface area contributed by atoms with Crippen LogP contribution < -0.4 is 5.32 Å². The highest BCUT2D eigenvalue weighted by Gasteiger charge is 2.29. The summed E-state index contributed by atoms with van der Waals surface area (Å²) in [7, 11) is 0. The average molecular weight is 307 g/mol. The van der Waals surface area contributed by atoms with E-state index < -0.39 is 11.9 Å². The van der Waals surface area contributed by atoms with E-state index in [1.165, 1.54) is 0 Å². The molecule has 1 aromatic rings. The third kappa shape index (κ3) is 4.07. The topological polar surface area (TPSA) is 72.5 Å². The lowest BCUT2D eigenvalue weighted by Gasteiger charge is -2.19. The van der Waals surface area contributed by atoms with Crippen molar-refractivity contribution in [3.05, 3.63) is 29.8 Å². The fourth-order valence-electron chi connectivity index (χ4n) is 2.00. The molecular weight excluding hydrogens is 290 g/mol. The zero-order chi connectivity index (χ0) is 15.2. The van der Waals surface area contributed by atoms with Gasteiger partial charge >= 0.3 is 5.97 Å². The van der Waals surface area contributed by atoms with Crippen LogP contribution in [0.15, 0.2) is 24.3 Å². The van der Waals surface area contributed by atoms with Crippen LogP contribution in [-0.4, -0.2) is 35.8 Å². The van der Waals surface area contributed by atoms with Gasteiger partial charge in [-0.15, -0.1) is 0 Å². The van der Waals surface area contributed by atoms with Crippen LogP contribution in [0.2, 0.25) is 0 Å². The van der Waals surface area contributed by atoms with Crippen LogP contribution >= 0.6 is 11.8 Å². The molecule has 0 radical (unpaired) electrons. The molecule has 0 aromatic heterocycles. The highest BCUT2D eigenvalue weighted by Crippen LogP contribution is 2.21. The molecule has 112 valence electrons. The summed E-state index contributed by atoms with van der Waals surface area (Å²) in [5.41, 5.74) is 0.996. The standard InChI is InChI=1S/C15H17NO4S/c1-2-20-15(19)10-3-5-11(6-4-10)16-14(18)12-9-21-8-7-13(12)17/h3-6,12H,2,7-9H2,1H3,(H,16,18). The van der Waals surface area contributed by atoms with Gasteiger partial charge in [-0.05, 0) is 31.2 Å². The lowest BCUT2D eigenvalue weighted by molar-refractivity contribution is -0.130. The van der Waals surface area contributed by atoms with Gasteiger partial charge in [0, 0.05) is 23.6 Å². The summed E-state index contributed by atoms with van der Waals surface area (Å²) in [6, 6.07) is 6.44. The van der Waals surface area contributed by atoms with E-state index >= 15 is 0 Å². The Morgan fingerprint density at radius 1 is 1.33 bits per heavy atom. The number of carbonyl (C=O) groups is 3. The van der Waals surface area contributed by atoms with E-state index in [4.69, 9.17) is 4.74 Å². The summed E-state index contributed by atoms with van der Waals surface area (Å²) in [5.74, 6) is 0.0656. The molecule has 1 N–H and O–H groups in total. The van der Waals surface area contributed by atoms with Crippen molar-refractivity contribution in [2.24, 2.45) is 5.92 Å². The highest BCUT2D eigenvalue weighted by molar-refractivity contribution is 7.99. The van der Waals surface area contributed by atoms with Crippen LogP contribution in [0, 0.1) is 5.92 Å². The predicted octanol–water partition coefficient (Wildman–Crippen LogP) is 2.12. The van der Waals surface area contributed by atoms with Crippen LogP contribution in [0.4, 0.5) is 5.69 Å². The molecule has 2 rings (SSSR count). The lowest BCUT2D eigenvalue weighted by Crippen LogP contribution is -2.34. The number of benzene rings is 1. The maximum absolute atomic E-state index is 12.1. The summed E-state index contributed by atoms with van der Waals surface area (Å²) < 4.78 is 4.88. The first-order valence-corrected chi connectivity index (χ1v) is 7.95. The number of ketones is 1. The normalized spacial score (nSPS) is 18.1. The van der Waals surface area contributed by atoms with E-state index in [9.17, 15) is 14.4 Å². The number of anilines is 1. The third-order valence-electron chi connectivity index (χ3n) is 3.15. The molecule has 0 saturated carbocycles. The Morgan fingerprint density at radius 2 is 2.05 bits per heavy atom. The monoisotopic (exact) mass is 307 g/mol. The van der Waals surface area contributed by atoms with Crippen LogP contribution in [-0.2, 0) is 14.3 Å². The van der Waals surface area contributed by atoms with Gasteiger partial charge in [0.2, 0.25) is 5.91 Å². The molecule has 6 heteroatoms. The molecular formula is C15H17NO4S. The molecule has 5 nitrogen and oxygen atoms in total. The molecule has 1 unspecified atom stereocenters. The van der Waals surface area contributed by atoms with Crippen molar-refractivity contribution >= 4 is 35.1 Å². The number of hydrogen-bond acceptors (Lipinski definition) is 5. The summed E-state index contributed by atoms with van der Waals surface area (Å²) >= 11 is 1.61. The lowest BCUT2D eigenvalue weighted by atomic mass is 10.0. The van der Waals surface area contributed by atoms with Gasteiger partial charge in [-0.2, -0.15) is 11.8 Å². The number of rotatable bonds is 4. The minimum absolute atomic E-state index is 0.00519. The second-order valence-corrected chi connectivity index (χ2v) is 5.78. The quantitative estimate of drug-likeness (QED) is 0.681. The Morgan fingerprint density at radius 3 is 2.67 bits per heavy atom. The van der Waals surface area contributed by atoms with Crippen molar-refractivity contribution in [1.82, 2.24) is 0 Å². The molecule has 1 aromatic carbocycles. The average Bonchev–Trinajstić information content (AvgIpc) is 2.48. The van der Waals surface area contributed by atoms with Gasteiger partial charge in [0.05, 0.1) is 12.2 Å². The maximum Gasteiger partial charge on any atom is 0.338 e. The number of ether oxygens (including phenoxy) is 1. The smallest absolute Gasteiger partial charge is 0.338 e. The molecule has 1 aliphatic heterocycles. The Bertz CT molecular complexity index is 541. The molecule has 1 fully saturated rings. The third-order valence-corrected chi connectivity index (χ3v) is 4.21. The number of nitrogens with one attached hydrogen (secondary N) is 1. The molecule has 1 amide bonds. The van der Waals surface area contributed by atoms with Crippen molar-refractivity contribution < 1.29 is 19.1 Å². The van der Waals surface area contributed by atoms with Gasteiger partial charge in [0.25, 0.3) is 0 Å². The number of Topliss-reactive ketones (excluding diaryl/α,β-unsaturated/α-hetero) is 1. The van der Waals surface area contributed by atoms with Gasteiger partial charge in [-0.1, -0.05) is 0 Å². The van der Waals surface area contributed by atoms with Crippen molar-refractivity contribution in [3.63, 3.8) is 0 Å². The first kappa shape index (κ1) is 15.6. The number of amides is 1. The van der Waals surface area contributed by atoms with Crippen molar-refractivity contribution in [3.8, 4) is 0 Å². The Balaban J connectivity index is 1.98. The predicted molar refractivity (Wildman–Crippen MR) is 81.5 cm³/mol. The first-order valence-electron chi connectivity index (χ1n) is 6.80. The molecule has 21 heavy (non-hydrogen) atoms. The summed E-state index contributed by atoms with van der Waals surface area (Å²) in [6.07, 6.45) is 0.449. The molecule has 0 spiro atoms. The summed E-state index contributed by atoms with van der Waals surface area (Å²) in [4.78, 5) is 35.3. The van der Waals surface area contributed by atoms with Crippen molar-refractivity contribution in [2.45, 2.75) is 13.3 Å². The van der Waals surface area contributed by atoms with Gasteiger partial charge in [0.1, 0.15) is 11.7 Å². The Hall–Kier alpha value is -1.82. The largest absolute Gasteiger partial charge is 0.462 e. The molecule has 1 saturated heterocycles. The van der Waals surface area contributed by atoms with Gasteiger partial charge in [0.15, 0.2) is 0 Å². The van der Waals surface area contributed by atoms with E-state index in [2.05, 4.69) is 5.32 Å². The maximum atomic E-state index is 12.1. The highest BCUT2D eigenvalue weighted by atomic mass is 32.2. The molecule has 1 heterocycles. The van der Waals surface area contributed by atoms with E-state index in [1.54, 1.807) is 43.0 Å². The second kappa shape index (κ2) is 7.26. The summed E-state index contributed by atoms with van der Waals surface area (Å²) in [6.45, 7) is 2.06. The minimum Gasteiger partial charge on any atom is -0.462 e. The Labute approximate surface area is 127 Å². The summed E-state index contributed by atoms with van der Waals surface area (Å²) in [5, 5.41) is 2.71. The SMILES string of the molecule is CCOC(=O)c1ccc(NC(=O)C2CSCCC2=O)cc1. The Kier molecular flexibility index (Phi) is 5.38. The zero-order valence-corrected chi connectivity index (χ0v) is 12.6. The number of carbonyl (C=O) groups excluding carboxylic acids is 3. The number of hydrogen-bond donors (Lipinski definition) is 1. The van der Waals surface area contributed by atoms with Crippen LogP contribution in [0.5, 0.6) is 0 Å². The first-order chi connectivity index (χ1) is 10.1. The van der Waals surface area contributed by atoms with Crippen molar-refractivity contribution in [2.75, 3.05) is 23.4 Å². The van der Waals surface area contributed by atoms with Gasteiger partial charge in [-0.25, -0.2) is 4.79 Å². The fourth-order valence-corrected chi connectivity index (χ4v) is 3.08. The fraction of sp³-hybridized carbons (Fsp3) is 0.400. The molecule has 0 aliphatic carbocycles. The molecule has 1 aliphatic rings. The molecule has 0 bridgehead atoms. The van der Waals surface area contributed by atoms with E-state index in [1.807, 2.05) is 0 Å². The van der Waals surface area contributed by atoms with Crippen LogP contribution in [0.25, 0.3) is 0 Å². The van der Waals surface area contributed by atoms with Gasteiger partial charge < -0.3 is 10.1 Å². The van der Waals surface area contributed by atoms with Crippen molar-refractivity contribution in [1.29, 1.82) is 0 Å². The number of thioether (sulfide) groups is 1. The zero-order valence-electron chi connectivity index (χ0n) is 11.8. The van der Waals surface area contributed by atoms with E-state index in [-0.39, 0.29) is 11.7 Å². The number of esters is 1. The van der Waals surface area contributed by atoms with E-state index in [0.717, 1.165) is 5.75 Å².